The molecule has 6 heteroatoms. The first kappa shape index (κ1) is 15.7. The number of imidazole rings is 1. The zero-order valence-corrected chi connectivity index (χ0v) is 13.1. The average Bonchev–Trinajstić information content (AvgIpc) is 3.13. The largest absolute Gasteiger partial charge is 0.383 e. The van der Waals surface area contributed by atoms with Gasteiger partial charge in [-0.2, -0.15) is 5.10 Å². The van der Waals surface area contributed by atoms with Crippen molar-refractivity contribution in [3.8, 4) is 0 Å². The Labute approximate surface area is 126 Å². The van der Waals surface area contributed by atoms with Crippen LogP contribution < -0.4 is 5.32 Å². The first-order valence-corrected chi connectivity index (χ1v) is 7.47. The van der Waals surface area contributed by atoms with Gasteiger partial charge in [-0.25, -0.2) is 4.98 Å². The lowest BCUT2D eigenvalue weighted by Crippen LogP contribution is -2.18. The molecule has 1 unspecified atom stereocenters. The first-order valence-electron chi connectivity index (χ1n) is 7.47. The van der Waals surface area contributed by atoms with Gasteiger partial charge >= 0.3 is 0 Å². The van der Waals surface area contributed by atoms with Gasteiger partial charge in [0.05, 0.1) is 30.9 Å². The second-order valence-corrected chi connectivity index (χ2v) is 5.25. The number of ether oxygens (including phenoxy) is 1. The third-order valence-corrected chi connectivity index (χ3v) is 3.53. The van der Waals surface area contributed by atoms with Crippen LogP contribution in [0.3, 0.4) is 0 Å². The van der Waals surface area contributed by atoms with E-state index in [4.69, 9.17) is 4.74 Å². The molecule has 0 saturated carbocycles. The van der Waals surface area contributed by atoms with Gasteiger partial charge in [0.15, 0.2) is 0 Å². The molecule has 21 heavy (non-hydrogen) atoms. The van der Waals surface area contributed by atoms with Gasteiger partial charge in [0.25, 0.3) is 0 Å². The number of hydrogen-bond acceptors (Lipinski definition) is 4. The first-order chi connectivity index (χ1) is 10.2. The molecule has 0 amide bonds. The van der Waals surface area contributed by atoms with E-state index >= 15 is 0 Å². The molecule has 0 aliphatic carbocycles. The quantitative estimate of drug-likeness (QED) is 0.716. The third-order valence-electron chi connectivity index (χ3n) is 3.53. The van der Waals surface area contributed by atoms with Crippen LogP contribution in [0.1, 0.15) is 37.7 Å². The lowest BCUT2D eigenvalue weighted by molar-refractivity contribution is 0.199. The van der Waals surface area contributed by atoms with Crippen molar-refractivity contribution in [1.82, 2.24) is 24.6 Å². The molecule has 0 fully saturated rings. The minimum atomic E-state index is 0.446. The maximum absolute atomic E-state index is 5.00. The molecule has 1 N–H and O–H groups in total. The summed E-state index contributed by atoms with van der Waals surface area (Å²) in [6.45, 7) is 7.42. The van der Waals surface area contributed by atoms with Gasteiger partial charge in [-0.05, 0) is 19.4 Å². The van der Waals surface area contributed by atoms with Crippen LogP contribution in [0.15, 0.2) is 24.8 Å². The van der Waals surface area contributed by atoms with Gasteiger partial charge in [-0.3, -0.25) is 4.68 Å². The van der Waals surface area contributed by atoms with E-state index in [9.17, 15) is 0 Å². The van der Waals surface area contributed by atoms with E-state index in [0.717, 1.165) is 37.4 Å². The molecule has 6 nitrogen and oxygen atoms in total. The number of rotatable bonds is 9. The summed E-state index contributed by atoms with van der Waals surface area (Å²) in [5.41, 5.74) is 2.10. The molecule has 0 saturated heterocycles. The van der Waals surface area contributed by atoms with Crippen molar-refractivity contribution in [1.29, 1.82) is 0 Å². The summed E-state index contributed by atoms with van der Waals surface area (Å²) in [5, 5.41) is 7.89. The second kappa shape index (κ2) is 7.95. The number of nitrogens with zero attached hydrogens (tertiary/aromatic N) is 4. The van der Waals surface area contributed by atoms with Crippen LogP contribution in [0.4, 0.5) is 0 Å². The van der Waals surface area contributed by atoms with Gasteiger partial charge < -0.3 is 14.6 Å². The van der Waals surface area contributed by atoms with E-state index in [1.807, 2.05) is 17.2 Å². The summed E-state index contributed by atoms with van der Waals surface area (Å²) < 4.78 is 9.09. The van der Waals surface area contributed by atoms with Crippen LogP contribution in [0.5, 0.6) is 0 Å². The van der Waals surface area contributed by atoms with Crippen molar-refractivity contribution >= 4 is 0 Å². The Bertz CT molecular complexity index is 534. The molecule has 0 spiro atoms. The van der Waals surface area contributed by atoms with Crippen molar-refractivity contribution in [2.24, 2.45) is 0 Å². The molecule has 0 aliphatic rings. The molecule has 0 bridgehead atoms. The van der Waals surface area contributed by atoms with Crippen LogP contribution in [0.25, 0.3) is 0 Å². The van der Waals surface area contributed by atoms with Crippen molar-refractivity contribution in [2.75, 3.05) is 20.3 Å². The summed E-state index contributed by atoms with van der Waals surface area (Å²) in [7, 11) is 1.70. The van der Waals surface area contributed by atoms with Crippen molar-refractivity contribution in [2.45, 2.75) is 39.4 Å². The summed E-state index contributed by atoms with van der Waals surface area (Å²) >= 11 is 0. The highest BCUT2D eigenvalue weighted by molar-refractivity contribution is 5.03. The Morgan fingerprint density at radius 3 is 3.00 bits per heavy atom. The molecule has 0 radical (unpaired) electrons. The van der Waals surface area contributed by atoms with Crippen LogP contribution in [-0.4, -0.2) is 39.6 Å². The maximum atomic E-state index is 5.00. The maximum Gasteiger partial charge on any atom is 0.0953 e. The lowest BCUT2D eigenvalue weighted by atomic mass is 10.3. The fraction of sp³-hybridized carbons (Fsp3) is 0.600. The van der Waals surface area contributed by atoms with E-state index in [0.29, 0.717) is 12.6 Å². The van der Waals surface area contributed by atoms with E-state index < -0.39 is 0 Å². The van der Waals surface area contributed by atoms with Gasteiger partial charge in [-0.15, -0.1) is 0 Å². The minimum Gasteiger partial charge on any atom is -0.383 e. The van der Waals surface area contributed by atoms with E-state index in [1.54, 1.807) is 7.11 Å². The fourth-order valence-electron chi connectivity index (χ4n) is 2.06. The van der Waals surface area contributed by atoms with Crippen molar-refractivity contribution in [3.05, 3.63) is 36.2 Å². The standard InChI is InChI=1S/C15H25N5O/c1-4-13(2)20-7-5-14(18-20)10-19-11-15(17-12-19)9-16-6-8-21-3/h5,7,11-13,16H,4,6,8-10H2,1-3H3. The monoisotopic (exact) mass is 291 g/mol. The van der Waals surface area contributed by atoms with Gasteiger partial charge in [0.2, 0.25) is 0 Å². The Kier molecular flexibility index (Phi) is 5.95. The topological polar surface area (TPSA) is 56.9 Å². The summed E-state index contributed by atoms with van der Waals surface area (Å²) in [5.74, 6) is 0. The molecular weight excluding hydrogens is 266 g/mol. The highest BCUT2D eigenvalue weighted by Gasteiger charge is 2.06. The molecule has 1 atom stereocenters. The van der Waals surface area contributed by atoms with E-state index in [1.165, 1.54) is 0 Å². The number of methoxy groups -OCH3 is 1. The number of nitrogens with one attached hydrogen (secondary N) is 1. The molecule has 116 valence electrons. The molecule has 2 aromatic rings. The minimum absolute atomic E-state index is 0.446. The number of aromatic nitrogens is 4. The van der Waals surface area contributed by atoms with Gasteiger partial charge in [0.1, 0.15) is 0 Å². The van der Waals surface area contributed by atoms with Gasteiger partial charge in [0, 0.05) is 38.6 Å². The van der Waals surface area contributed by atoms with Crippen molar-refractivity contribution < 1.29 is 4.74 Å². The molecular formula is C15H25N5O. The van der Waals surface area contributed by atoms with Crippen LogP contribution in [0.2, 0.25) is 0 Å². The van der Waals surface area contributed by atoms with Crippen LogP contribution in [0, 0.1) is 0 Å². The zero-order chi connectivity index (χ0) is 15.1. The summed E-state index contributed by atoms with van der Waals surface area (Å²) in [6, 6.07) is 2.52. The average molecular weight is 291 g/mol. The Hall–Kier alpha value is -1.66. The summed E-state index contributed by atoms with van der Waals surface area (Å²) in [6.07, 6.45) is 7.05. The fourth-order valence-corrected chi connectivity index (χ4v) is 2.06. The Morgan fingerprint density at radius 1 is 1.38 bits per heavy atom. The van der Waals surface area contributed by atoms with Crippen LogP contribution >= 0.6 is 0 Å². The molecule has 0 aliphatic heterocycles. The van der Waals surface area contributed by atoms with E-state index in [2.05, 4.69) is 46.1 Å². The smallest absolute Gasteiger partial charge is 0.0953 e. The predicted octanol–water partition coefficient (Wildman–Crippen LogP) is 1.83. The SMILES string of the molecule is CCC(C)n1ccc(Cn2cnc(CNCCOC)c2)n1. The Morgan fingerprint density at radius 2 is 2.24 bits per heavy atom. The highest BCUT2D eigenvalue weighted by Crippen LogP contribution is 2.10. The number of hydrogen-bond donors (Lipinski definition) is 1. The molecule has 2 rings (SSSR count). The lowest BCUT2D eigenvalue weighted by Gasteiger charge is -2.08. The van der Waals surface area contributed by atoms with Gasteiger partial charge in [-0.1, -0.05) is 6.92 Å². The third kappa shape index (κ3) is 4.68. The molecule has 0 aromatic carbocycles. The highest BCUT2D eigenvalue weighted by atomic mass is 16.5. The predicted molar refractivity (Wildman–Crippen MR) is 82.1 cm³/mol. The molecule has 2 aromatic heterocycles. The Balaban J connectivity index is 1.85. The van der Waals surface area contributed by atoms with Crippen LogP contribution in [-0.2, 0) is 17.8 Å². The second-order valence-electron chi connectivity index (χ2n) is 5.25. The van der Waals surface area contributed by atoms with Crippen molar-refractivity contribution in [3.63, 3.8) is 0 Å². The van der Waals surface area contributed by atoms with E-state index in [-0.39, 0.29) is 0 Å². The molecule has 2 heterocycles. The zero-order valence-electron chi connectivity index (χ0n) is 13.1. The normalized spacial score (nSPS) is 12.7. The summed E-state index contributed by atoms with van der Waals surface area (Å²) in [4.78, 5) is 4.39.